The number of nitrogens with one attached hydrogen (secondary N) is 1. The normalized spacial score (nSPS) is 10.8. The standard InChI is InChI=1S/C19H16N2O2/c1-23-16-6-2-4-14(12-16)8-9-19(22)21-18-7-3-5-15-13-20-11-10-17(15)18/h2-13H,1H3,(H,21,22)/b9-8+. The number of carbonyl (C=O) groups excluding carboxylic acids is 1. The van der Waals surface area contributed by atoms with Crippen LogP contribution in [0, 0.1) is 0 Å². The van der Waals surface area contributed by atoms with Crippen molar-refractivity contribution in [1.82, 2.24) is 4.98 Å². The fourth-order valence-electron chi connectivity index (χ4n) is 2.32. The van der Waals surface area contributed by atoms with Gasteiger partial charge in [-0.05, 0) is 35.9 Å². The van der Waals surface area contributed by atoms with E-state index in [1.807, 2.05) is 48.5 Å². The number of carbonyl (C=O) groups is 1. The Bertz CT molecular complexity index is 867. The number of anilines is 1. The van der Waals surface area contributed by atoms with Crippen molar-refractivity contribution in [3.63, 3.8) is 0 Å². The number of fused-ring (bicyclic) bond motifs is 1. The number of nitrogens with zero attached hydrogens (tertiary/aromatic N) is 1. The molecule has 0 spiro atoms. The Hall–Kier alpha value is -3.14. The lowest BCUT2D eigenvalue weighted by Crippen LogP contribution is -2.08. The summed E-state index contributed by atoms with van der Waals surface area (Å²) in [5.74, 6) is 0.575. The maximum Gasteiger partial charge on any atom is 0.248 e. The molecular formula is C19H16N2O2. The lowest BCUT2D eigenvalue weighted by Gasteiger charge is -2.06. The van der Waals surface area contributed by atoms with E-state index >= 15 is 0 Å². The molecule has 4 nitrogen and oxygen atoms in total. The first-order chi connectivity index (χ1) is 11.3. The molecule has 0 unspecified atom stereocenters. The largest absolute Gasteiger partial charge is 0.497 e. The van der Waals surface area contributed by atoms with E-state index in [-0.39, 0.29) is 5.91 Å². The molecule has 0 aliphatic carbocycles. The third-order valence-corrected chi connectivity index (χ3v) is 3.46. The lowest BCUT2D eigenvalue weighted by atomic mass is 10.1. The van der Waals surface area contributed by atoms with E-state index in [0.717, 1.165) is 27.8 Å². The van der Waals surface area contributed by atoms with Gasteiger partial charge in [-0.15, -0.1) is 0 Å². The molecule has 0 aliphatic rings. The second-order valence-electron chi connectivity index (χ2n) is 5.00. The van der Waals surface area contributed by atoms with Gasteiger partial charge in [-0.2, -0.15) is 0 Å². The molecule has 2 aromatic carbocycles. The molecule has 0 fully saturated rings. The van der Waals surface area contributed by atoms with Gasteiger partial charge in [0.15, 0.2) is 0 Å². The summed E-state index contributed by atoms with van der Waals surface area (Å²) < 4.78 is 5.17. The average Bonchev–Trinajstić information content (AvgIpc) is 2.60. The Morgan fingerprint density at radius 2 is 2.04 bits per heavy atom. The van der Waals surface area contributed by atoms with Crippen LogP contribution in [0.5, 0.6) is 5.75 Å². The molecule has 23 heavy (non-hydrogen) atoms. The fraction of sp³-hybridized carbons (Fsp3) is 0.0526. The molecular weight excluding hydrogens is 288 g/mol. The molecule has 4 heteroatoms. The van der Waals surface area contributed by atoms with Gasteiger partial charge in [0.2, 0.25) is 5.91 Å². The van der Waals surface area contributed by atoms with Gasteiger partial charge in [-0.3, -0.25) is 9.78 Å². The van der Waals surface area contributed by atoms with Gasteiger partial charge < -0.3 is 10.1 Å². The topological polar surface area (TPSA) is 51.2 Å². The summed E-state index contributed by atoms with van der Waals surface area (Å²) in [7, 11) is 1.62. The highest BCUT2D eigenvalue weighted by Gasteiger charge is 2.03. The second-order valence-corrected chi connectivity index (χ2v) is 5.00. The number of hydrogen-bond acceptors (Lipinski definition) is 3. The molecule has 1 amide bonds. The van der Waals surface area contributed by atoms with Gasteiger partial charge in [-0.25, -0.2) is 0 Å². The molecule has 0 atom stereocenters. The van der Waals surface area contributed by atoms with Gasteiger partial charge in [0, 0.05) is 34.9 Å². The van der Waals surface area contributed by atoms with Crippen LogP contribution in [-0.4, -0.2) is 18.0 Å². The van der Waals surface area contributed by atoms with Crippen LogP contribution in [0.25, 0.3) is 16.8 Å². The Kier molecular flexibility index (Phi) is 4.34. The van der Waals surface area contributed by atoms with Gasteiger partial charge in [-0.1, -0.05) is 24.3 Å². The third kappa shape index (κ3) is 3.55. The van der Waals surface area contributed by atoms with E-state index in [9.17, 15) is 4.79 Å². The first-order valence-corrected chi connectivity index (χ1v) is 7.22. The van der Waals surface area contributed by atoms with Gasteiger partial charge in [0.25, 0.3) is 0 Å². The van der Waals surface area contributed by atoms with Crippen molar-refractivity contribution in [1.29, 1.82) is 0 Å². The number of amides is 1. The highest BCUT2D eigenvalue weighted by molar-refractivity contribution is 6.07. The maximum atomic E-state index is 12.1. The van der Waals surface area contributed by atoms with E-state index in [1.54, 1.807) is 25.6 Å². The van der Waals surface area contributed by atoms with Crippen molar-refractivity contribution in [3.8, 4) is 5.75 Å². The van der Waals surface area contributed by atoms with Gasteiger partial charge in [0.1, 0.15) is 5.75 Å². The van der Waals surface area contributed by atoms with Crippen LogP contribution in [0.3, 0.4) is 0 Å². The molecule has 0 saturated heterocycles. The lowest BCUT2D eigenvalue weighted by molar-refractivity contribution is -0.111. The average molecular weight is 304 g/mol. The van der Waals surface area contributed by atoms with Gasteiger partial charge in [0.05, 0.1) is 7.11 Å². The summed E-state index contributed by atoms with van der Waals surface area (Å²) in [6, 6.07) is 15.1. The Morgan fingerprint density at radius 3 is 2.91 bits per heavy atom. The molecule has 0 bridgehead atoms. The van der Waals surface area contributed by atoms with Crippen molar-refractivity contribution in [2.75, 3.05) is 12.4 Å². The Labute approximate surface area is 134 Å². The van der Waals surface area contributed by atoms with Crippen molar-refractivity contribution < 1.29 is 9.53 Å². The van der Waals surface area contributed by atoms with Crippen molar-refractivity contribution >= 4 is 28.4 Å². The van der Waals surface area contributed by atoms with Crippen LogP contribution in [-0.2, 0) is 4.79 Å². The number of pyridine rings is 1. The fourth-order valence-corrected chi connectivity index (χ4v) is 2.32. The zero-order chi connectivity index (χ0) is 16.1. The molecule has 3 aromatic rings. The summed E-state index contributed by atoms with van der Waals surface area (Å²) in [6.07, 6.45) is 6.75. The zero-order valence-electron chi connectivity index (χ0n) is 12.7. The van der Waals surface area contributed by atoms with E-state index in [1.165, 1.54) is 6.08 Å². The second kappa shape index (κ2) is 6.75. The minimum absolute atomic E-state index is 0.183. The predicted molar refractivity (Wildman–Crippen MR) is 92.4 cm³/mol. The maximum absolute atomic E-state index is 12.1. The number of ether oxygens (including phenoxy) is 1. The van der Waals surface area contributed by atoms with E-state index in [0.29, 0.717) is 0 Å². The molecule has 0 radical (unpaired) electrons. The van der Waals surface area contributed by atoms with Crippen LogP contribution in [0.4, 0.5) is 5.69 Å². The highest BCUT2D eigenvalue weighted by Crippen LogP contribution is 2.22. The van der Waals surface area contributed by atoms with Crippen molar-refractivity contribution in [3.05, 3.63) is 72.6 Å². The monoisotopic (exact) mass is 304 g/mol. The molecule has 1 N–H and O–H groups in total. The summed E-state index contributed by atoms with van der Waals surface area (Å²) in [5, 5.41) is 4.85. The van der Waals surface area contributed by atoms with Crippen LogP contribution in [0.2, 0.25) is 0 Å². The molecule has 0 saturated carbocycles. The quantitative estimate of drug-likeness (QED) is 0.744. The highest BCUT2D eigenvalue weighted by atomic mass is 16.5. The van der Waals surface area contributed by atoms with Crippen LogP contribution >= 0.6 is 0 Å². The van der Waals surface area contributed by atoms with Crippen LogP contribution in [0.15, 0.2) is 67.0 Å². The Balaban J connectivity index is 1.77. The first kappa shape index (κ1) is 14.8. The first-order valence-electron chi connectivity index (χ1n) is 7.22. The number of aromatic nitrogens is 1. The summed E-state index contributed by atoms with van der Waals surface area (Å²) in [6.45, 7) is 0. The molecule has 3 rings (SSSR count). The van der Waals surface area contributed by atoms with Gasteiger partial charge >= 0.3 is 0 Å². The SMILES string of the molecule is COc1cccc(/C=C/C(=O)Nc2cccc3cnccc23)c1. The van der Waals surface area contributed by atoms with Crippen molar-refractivity contribution in [2.24, 2.45) is 0 Å². The Morgan fingerprint density at radius 1 is 1.17 bits per heavy atom. The molecule has 114 valence electrons. The van der Waals surface area contributed by atoms with E-state index < -0.39 is 0 Å². The third-order valence-electron chi connectivity index (χ3n) is 3.46. The number of hydrogen-bond donors (Lipinski definition) is 1. The van der Waals surface area contributed by atoms with Crippen LogP contribution < -0.4 is 10.1 Å². The van der Waals surface area contributed by atoms with E-state index in [4.69, 9.17) is 4.74 Å². The number of benzene rings is 2. The summed E-state index contributed by atoms with van der Waals surface area (Å²) in [5.41, 5.74) is 1.67. The smallest absolute Gasteiger partial charge is 0.248 e. The molecule has 1 aromatic heterocycles. The molecule has 0 aliphatic heterocycles. The minimum Gasteiger partial charge on any atom is -0.497 e. The predicted octanol–water partition coefficient (Wildman–Crippen LogP) is 3.90. The summed E-state index contributed by atoms with van der Waals surface area (Å²) in [4.78, 5) is 16.2. The minimum atomic E-state index is -0.183. The number of methoxy groups -OCH3 is 1. The van der Waals surface area contributed by atoms with Crippen molar-refractivity contribution in [2.45, 2.75) is 0 Å². The molecule has 1 heterocycles. The number of rotatable bonds is 4. The van der Waals surface area contributed by atoms with Crippen LogP contribution in [0.1, 0.15) is 5.56 Å². The summed E-state index contributed by atoms with van der Waals surface area (Å²) >= 11 is 0. The van der Waals surface area contributed by atoms with E-state index in [2.05, 4.69) is 10.3 Å². The zero-order valence-corrected chi connectivity index (χ0v) is 12.7.